The Morgan fingerprint density at radius 2 is 1.87 bits per heavy atom. The predicted octanol–water partition coefficient (Wildman–Crippen LogP) is 2.28. The highest BCUT2D eigenvalue weighted by atomic mass is 16.5. The van der Waals surface area contributed by atoms with Crippen molar-refractivity contribution in [2.24, 2.45) is 0 Å². The lowest BCUT2D eigenvalue weighted by Crippen LogP contribution is -2.54. The summed E-state index contributed by atoms with van der Waals surface area (Å²) in [5.74, 6) is -0.657. The van der Waals surface area contributed by atoms with Crippen molar-refractivity contribution in [3.05, 3.63) is 29.8 Å². The average Bonchev–Trinajstić information content (AvgIpc) is 2.94. The van der Waals surface area contributed by atoms with Crippen LogP contribution in [0, 0.1) is 0 Å². The molecule has 0 radical (unpaired) electrons. The zero-order valence-corrected chi connectivity index (χ0v) is 13.2. The largest absolute Gasteiger partial charge is 0.497 e. The van der Waals surface area contributed by atoms with Crippen LogP contribution in [0.5, 0.6) is 5.75 Å². The van der Waals surface area contributed by atoms with Crippen molar-refractivity contribution in [1.82, 2.24) is 4.90 Å². The SMILES string of the molecule is COc1ccc(C(=O)N2[C@@H](C(=O)O)COC23CCCCC3)cc1. The quantitative estimate of drug-likeness (QED) is 0.925. The third-order valence-corrected chi connectivity index (χ3v) is 4.74. The molecule has 1 amide bonds. The van der Waals surface area contributed by atoms with E-state index in [9.17, 15) is 14.7 Å². The Morgan fingerprint density at radius 3 is 2.43 bits per heavy atom. The van der Waals surface area contributed by atoms with Crippen LogP contribution in [-0.4, -0.2) is 47.4 Å². The Labute approximate surface area is 135 Å². The van der Waals surface area contributed by atoms with Gasteiger partial charge in [0.2, 0.25) is 0 Å². The molecule has 1 heterocycles. The molecule has 1 saturated heterocycles. The zero-order chi connectivity index (χ0) is 16.4. The number of hydrogen-bond acceptors (Lipinski definition) is 4. The van der Waals surface area contributed by atoms with Gasteiger partial charge in [0.15, 0.2) is 6.04 Å². The number of aliphatic carboxylic acids is 1. The zero-order valence-electron chi connectivity index (χ0n) is 13.2. The maximum absolute atomic E-state index is 13.0. The lowest BCUT2D eigenvalue weighted by molar-refractivity contribution is -0.143. The van der Waals surface area contributed by atoms with Crippen LogP contribution in [0.2, 0.25) is 0 Å². The van der Waals surface area contributed by atoms with E-state index >= 15 is 0 Å². The van der Waals surface area contributed by atoms with Gasteiger partial charge in [0.25, 0.3) is 5.91 Å². The van der Waals surface area contributed by atoms with Crippen LogP contribution in [0.3, 0.4) is 0 Å². The van der Waals surface area contributed by atoms with Crippen LogP contribution < -0.4 is 4.74 Å². The number of benzene rings is 1. The van der Waals surface area contributed by atoms with E-state index in [1.165, 1.54) is 4.90 Å². The van der Waals surface area contributed by atoms with Gasteiger partial charge in [-0.2, -0.15) is 0 Å². The van der Waals surface area contributed by atoms with Crippen LogP contribution in [0.1, 0.15) is 42.5 Å². The summed E-state index contributed by atoms with van der Waals surface area (Å²) in [7, 11) is 1.56. The van der Waals surface area contributed by atoms with E-state index in [1.807, 2.05) is 0 Å². The fourth-order valence-corrected chi connectivity index (χ4v) is 3.53. The molecule has 2 aliphatic rings. The molecular formula is C17H21NO5. The summed E-state index contributed by atoms with van der Waals surface area (Å²) in [6, 6.07) is 5.80. The fraction of sp³-hybridized carbons (Fsp3) is 0.529. The topological polar surface area (TPSA) is 76.1 Å². The number of carboxylic acids is 1. The normalized spacial score (nSPS) is 23.0. The number of ether oxygens (including phenoxy) is 2. The maximum Gasteiger partial charge on any atom is 0.328 e. The molecule has 1 spiro atoms. The standard InChI is InChI=1S/C17H21NO5/c1-22-13-7-5-12(6-8-13)15(19)18-14(16(20)21)11-23-17(18)9-3-2-4-10-17/h5-8,14H,2-4,9-11H2,1H3,(H,20,21)/t14-/m1/s1. The Balaban J connectivity index is 1.93. The summed E-state index contributed by atoms with van der Waals surface area (Å²) in [5.41, 5.74) is -0.314. The lowest BCUT2D eigenvalue weighted by Gasteiger charge is -2.41. The number of rotatable bonds is 3. The van der Waals surface area contributed by atoms with E-state index in [1.54, 1.807) is 31.4 Å². The number of methoxy groups -OCH3 is 1. The molecule has 2 fully saturated rings. The van der Waals surface area contributed by atoms with E-state index in [4.69, 9.17) is 9.47 Å². The fourth-order valence-electron chi connectivity index (χ4n) is 3.53. The van der Waals surface area contributed by atoms with E-state index < -0.39 is 17.7 Å². The number of hydrogen-bond donors (Lipinski definition) is 1. The molecule has 0 aromatic heterocycles. The third kappa shape index (κ3) is 2.79. The monoisotopic (exact) mass is 319 g/mol. The second-order valence-electron chi connectivity index (χ2n) is 6.08. The second-order valence-corrected chi connectivity index (χ2v) is 6.08. The Kier molecular flexibility index (Phi) is 4.26. The molecule has 1 N–H and O–H groups in total. The highest BCUT2D eigenvalue weighted by Crippen LogP contribution is 2.41. The number of carboxylic acid groups (broad SMARTS) is 1. The van der Waals surface area contributed by atoms with Gasteiger partial charge < -0.3 is 14.6 Å². The molecule has 3 rings (SSSR count). The van der Waals surface area contributed by atoms with Crippen molar-refractivity contribution in [3.63, 3.8) is 0 Å². The maximum atomic E-state index is 13.0. The van der Waals surface area contributed by atoms with Gasteiger partial charge in [0, 0.05) is 5.56 Å². The van der Waals surface area contributed by atoms with Crippen LogP contribution in [0.15, 0.2) is 24.3 Å². The van der Waals surface area contributed by atoms with Gasteiger partial charge >= 0.3 is 5.97 Å². The molecule has 0 bridgehead atoms. The molecule has 0 unspecified atom stereocenters. The lowest BCUT2D eigenvalue weighted by atomic mass is 9.89. The highest BCUT2D eigenvalue weighted by molar-refractivity contribution is 5.97. The first kappa shape index (κ1) is 15.8. The number of nitrogens with zero attached hydrogens (tertiary/aromatic N) is 1. The van der Waals surface area contributed by atoms with Crippen molar-refractivity contribution in [1.29, 1.82) is 0 Å². The van der Waals surface area contributed by atoms with Gasteiger partial charge in [-0.3, -0.25) is 9.69 Å². The van der Waals surface area contributed by atoms with Crippen LogP contribution in [0.4, 0.5) is 0 Å². The first-order valence-electron chi connectivity index (χ1n) is 7.92. The first-order valence-corrected chi connectivity index (χ1v) is 7.92. The minimum Gasteiger partial charge on any atom is -0.497 e. The third-order valence-electron chi connectivity index (χ3n) is 4.74. The van der Waals surface area contributed by atoms with Crippen LogP contribution in [0.25, 0.3) is 0 Å². The van der Waals surface area contributed by atoms with Crippen LogP contribution in [-0.2, 0) is 9.53 Å². The smallest absolute Gasteiger partial charge is 0.328 e. The number of amides is 1. The number of carbonyl (C=O) groups is 2. The molecule has 6 nitrogen and oxygen atoms in total. The molecule has 1 atom stereocenters. The molecule has 6 heteroatoms. The summed E-state index contributed by atoms with van der Waals surface area (Å²) in [5, 5.41) is 9.48. The van der Waals surface area contributed by atoms with Crippen molar-refractivity contribution < 1.29 is 24.2 Å². The Morgan fingerprint density at radius 1 is 1.22 bits per heavy atom. The molecule has 124 valence electrons. The van der Waals surface area contributed by atoms with E-state index in [0.717, 1.165) is 19.3 Å². The van der Waals surface area contributed by atoms with Gasteiger partial charge in [-0.05, 0) is 49.9 Å². The Hall–Kier alpha value is -2.08. The van der Waals surface area contributed by atoms with Gasteiger partial charge in [0.05, 0.1) is 13.7 Å². The summed E-state index contributed by atoms with van der Waals surface area (Å²) < 4.78 is 11.0. The van der Waals surface area contributed by atoms with Crippen molar-refractivity contribution in [2.45, 2.75) is 43.9 Å². The average molecular weight is 319 g/mol. The number of carbonyl (C=O) groups excluding carboxylic acids is 1. The van der Waals surface area contributed by atoms with Crippen molar-refractivity contribution in [2.75, 3.05) is 13.7 Å². The first-order chi connectivity index (χ1) is 11.1. The van der Waals surface area contributed by atoms with Gasteiger partial charge in [0.1, 0.15) is 11.5 Å². The van der Waals surface area contributed by atoms with Gasteiger partial charge in [-0.15, -0.1) is 0 Å². The molecule has 1 aliphatic carbocycles. The molecular weight excluding hydrogens is 298 g/mol. The van der Waals surface area contributed by atoms with Gasteiger partial charge in [-0.1, -0.05) is 6.42 Å². The molecule has 1 saturated carbocycles. The van der Waals surface area contributed by atoms with E-state index in [2.05, 4.69) is 0 Å². The Bertz CT molecular complexity index is 592. The molecule has 1 aromatic rings. The molecule has 1 aromatic carbocycles. The molecule has 1 aliphatic heterocycles. The van der Waals surface area contributed by atoms with Crippen molar-refractivity contribution in [3.8, 4) is 5.75 Å². The summed E-state index contributed by atoms with van der Waals surface area (Å²) in [4.78, 5) is 26.0. The minimum atomic E-state index is -1.02. The van der Waals surface area contributed by atoms with E-state index in [0.29, 0.717) is 24.2 Å². The summed E-state index contributed by atoms with van der Waals surface area (Å²) in [6.07, 6.45) is 4.36. The van der Waals surface area contributed by atoms with E-state index in [-0.39, 0.29) is 12.5 Å². The summed E-state index contributed by atoms with van der Waals surface area (Å²) >= 11 is 0. The minimum absolute atomic E-state index is 0.0528. The predicted molar refractivity (Wildman–Crippen MR) is 82.4 cm³/mol. The highest BCUT2D eigenvalue weighted by Gasteiger charge is 2.53. The second kappa shape index (κ2) is 6.20. The van der Waals surface area contributed by atoms with Crippen molar-refractivity contribution >= 4 is 11.9 Å². The summed E-state index contributed by atoms with van der Waals surface area (Å²) in [6.45, 7) is 0.0528. The molecule has 23 heavy (non-hydrogen) atoms. The van der Waals surface area contributed by atoms with Crippen LogP contribution >= 0.6 is 0 Å². The van der Waals surface area contributed by atoms with Gasteiger partial charge in [-0.25, -0.2) is 4.79 Å².